The van der Waals surface area contributed by atoms with Gasteiger partial charge in [-0.15, -0.1) is 3.71 Å². The molecular formula is C20H23NO4S2. The molecule has 0 amide bonds. The van der Waals surface area contributed by atoms with Gasteiger partial charge in [0.2, 0.25) is 0 Å². The summed E-state index contributed by atoms with van der Waals surface area (Å²) >= 11 is 0. The zero-order chi connectivity index (χ0) is 19.4. The number of rotatable bonds is 6. The molecule has 0 spiro atoms. The summed E-state index contributed by atoms with van der Waals surface area (Å²) in [5.74, 6) is 0. The molecule has 3 rings (SSSR count). The van der Waals surface area contributed by atoms with E-state index >= 15 is 0 Å². The van der Waals surface area contributed by atoms with E-state index < -0.39 is 27.1 Å². The van der Waals surface area contributed by atoms with Crippen molar-refractivity contribution in [3.63, 3.8) is 0 Å². The molecule has 27 heavy (non-hydrogen) atoms. The van der Waals surface area contributed by atoms with Crippen molar-refractivity contribution in [1.82, 2.24) is 3.71 Å². The van der Waals surface area contributed by atoms with E-state index in [9.17, 15) is 12.6 Å². The average Bonchev–Trinajstić information content (AvgIpc) is 2.65. The zero-order valence-electron chi connectivity index (χ0n) is 15.3. The van der Waals surface area contributed by atoms with Crippen LogP contribution in [-0.4, -0.2) is 34.2 Å². The number of benzene rings is 2. The molecule has 7 heteroatoms. The first-order valence-electron chi connectivity index (χ1n) is 8.71. The Morgan fingerprint density at radius 3 is 2.37 bits per heavy atom. The molecule has 0 fully saturated rings. The van der Waals surface area contributed by atoms with Gasteiger partial charge in [-0.1, -0.05) is 60.2 Å². The molecule has 2 aromatic carbocycles. The van der Waals surface area contributed by atoms with Crippen LogP contribution in [0.3, 0.4) is 0 Å². The van der Waals surface area contributed by atoms with Crippen LogP contribution in [-0.2, 0) is 32.4 Å². The number of aryl methyl sites for hydroxylation is 1. The van der Waals surface area contributed by atoms with Crippen molar-refractivity contribution in [2.45, 2.75) is 36.6 Å². The van der Waals surface area contributed by atoms with Crippen LogP contribution in [0, 0.1) is 6.92 Å². The Morgan fingerprint density at radius 2 is 1.70 bits per heavy atom. The summed E-state index contributed by atoms with van der Waals surface area (Å²) in [7, 11) is -5.60. The smallest absolute Gasteiger partial charge is 0.254 e. The lowest BCUT2D eigenvalue weighted by Crippen LogP contribution is -2.47. The predicted octanol–water partition coefficient (Wildman–Crippen LogP) is 3.19. The second-order valence-electron chi connectivity index (χ2n) is 6.51. The quantitative estimate of drug-likeness (QED) is 0.693. The topological polar surface area (TPSA) is 63.7 Å². The summed E-state index contributed by atoms with van der Waals surface area (Å²) < 4.78 is 45.9. The van der Waals surface area contributed by atoms with Crippen LogP contribution in [0.25, 0.3) is 0 Å². The number of hydrogen-bond donors (Lipinski definition) is 0. The molecule has 1 heterocycles. The third-order valence-electron chi connectivity index (χ3n) is 4.33. The van der Waals surface area contributed by atoms with Gasteiger partial charge in [0.05, 0.1) is 29.4 Å². The third-order valence-corrected chi connectivity index (χ3v) is 8.39. The third kappa shape index (κ3) is 4.55. The highest BCUT2D eigenvalue weighted by Gasteiger charge is 2.39. The first kappa shape index (κ1) is 19.9. The van der Waals surface area contributed by atoms with Crippen molar-refractivity contribution in [3.8, 4) is 0 Å². The van der Waals surface area contributed by atoms with Crippen molar-refractivity contribution >= 4 is 21.0 Å². The number of ether oxygens (including phenoxy) is 1. The van der Waals surface area contributed by atoms with Crippen molar-refractivity contribution in [2.24, 2.45) is 0 Å². The van der Waals surface area contributed by atoms with Gasteiger partial charge in [-0.25, -0.2) is 12.6 Å². The van der Waals surface area contributed by atoms with E-state index in [0.29, 0.717) is 6.61 Å². The number of sulfonamides is 1. The summed E-state index contributed by atoms with van der Waals surface area (Å²) in [6.07, 6.45) is 3.55. The van der Waals surface area contributed by atoms with Crippen LogP contribution in [0.1, 0.15) is 18.1 Å². The Balaban J connectivity index is 1.81. The summed E-state index contributed by atoms with van der Waals surface area (Å²) in [5.41, 5.74) is 1.96. The second-order valence-corrected chi connectivity index (χ2v) is 10.2. The Bertz CT molecular complexity index is 924. The summed E-state index contributed by atoms with van der Waals surface area (Å²) in [5, 5.41) is -0.379. The molecule has 5 nitrogen and oxygen atoms in total. The molecule has 1 unspecified atom stereocenters. The standard InChI is InChI=1S/C20H23NO4S2/c1-16-8-12-20(13-9-16)27(23,24)21-19(11-10-17(2)26(21)22)15-25-14-18-6-4-3-5-7-18/h3-13,17,19H,14-15H2,1-2H3/t17-,19-,26?/m0/s1. The molecule has 0 aromatic heterocycles. The summed E-state index contributed by atoms with van der Waals surface area (Å²) in [4.78, 5) is 0.136. The van der Waals surface area contributed by atoms with Crippen LogP contribution < -0.4 is 0 Å². The van der Waals surface area contributed by atoms with Gasteiger partial charge in [-0.3, -0.25) is 0 Å². The van der Waals surface area contributed by atoms with Gasteiger partial charge >= 0.3 is 0 Å². The van der Waals surface area contributed by atoms with Gasteiger partial charge < -0.3 is 4.74 Å². The average molecular weight is 406 g/mol. The first-order valence-corrected chi connectivity index (χ1v) is 11.3. The predicted molar refractivity (Wildman–Crippen MR) is 107 cm³/mol. The monoisotopic (exact) mass is 405 g/mol. The Hall–Kier alpha value is -1.80. The van der Waals surface area contributed by atoms with E-state index in [1.807, 2.05) is 37.3 Å². The van der Waals surface area contributed by atoms with E-state index in [1.165, 1.54) is 0 Å². The van der Waals surface area contributed by atoms with E-state index in [2.05, 4.69) is 0 Å². The van der Waals surface area contributed by atoms with Gasteiger partial charge in [0, 0.05) is 0 Å². The van der Waals surface area contributed by atoms with Gasteiger partial charge in [-0.05, 0) is 31.5 Å². The zero-order valence-corrected chi connectivity index (χ0v) is 16.9. The summed E-state index contributed by atoms with van der Waals surface area (Å²) in [6, 6.07) is 15.6. The van der Waals surface area contributed by atoms with Crippen LogP contribution in [0.5, 0.6) is 0 Å². The lowest BCUT2D eigenvalue weighted by atomic mass is 10.2. The molecule has 0 bridgehead atoms. The fraction of sp³-hybridized carbons (Fsp3) is 0.300. The van der Waals surface area contributed by atoms with Crippen LogP contribution in [0.15, 0.2) is 71.6 Å². The minimum Gasteiger partial charge on any atom is -0.375 e. The largest absolute Gasteiger partial charge is 0.375 e. The molecule has 1 aliphatic rings. The minimum atomic E-state index is -3.90. The Kier molecular flexibility index (Phi) is 6.26. The van der Waals surface area contributed by atoms with E-state index in [1.54, 1.807) is 43.3 Å². The molecule has 0 N–H and O–H groups in total. The molecular weight excluding hydrogens is 382 g/mol. The normalized spacial score (nSPS) is 23.4. The van der Waals surface area contributed by atoms with Crippen LogP contribution in [0.4, 0.5) is 0 Å². The highest BCUT2D eigenvalue weighted by molar-refractivity contribution is 8.01. The van der Waals surface area contributed by atoms with Crippen LogP contribution >= 0.6 is 0 Å². The highest BCUT2D eigenvalue weighted by Crippen LogP contribution is 2.27. The minimum absolute atomic E-state index is 0.134. The van der Waals surface area contributed by atoms with E-state index in [0.717, 1.165) is 14.8 Å². The second kappa shape index (κ2) is 8.48. The molecule has 144 valence electrons. The maximum atomic E-state index is 13.1. The van der Waals surface area contributed by atoms with Crippen molar-refractivity contribution < 1.29 is 17.4 Å². The Morgan fingerprint density at radius 1 is 1.04 bits per heavy atom. The fourth-order valence-electron chi connectivity index (χ4n) is 2.80. The lowest BCUT2D eigenvalue weighted by molar-refractivity contribution is 0.103. The van der Waals surface area contributed by atoms with Crippen LogP contribution in [0.2, 0.25) is 0 Å². The van der Waals surface area contributed by atoms with Gasteiger partial charge in [0.25, 0.3) is 10.0 Å². The number of nitrogens with zero attached hydrogens (tertiary/aromatic N) is 1. The van der Waals surface area contributed by atoms with Gasteiger partial charge in [0.1, 0.15) is 11.0 Å². The van der Waals surface area contributed by atoms with E-state index in [-0.39, 0.29) is 16.8 Å². The first-order chi connectivity index (χ1) is 12.9. The van der Waals surface area contributed by atoms with Crippen molar-refractivity contribution in [1.29, 1.82) is 0 Å². The fourth-order valence-corrected chi connectivity index (χ4v) is 6.36. The molecule has 0 aliphatic carbocycles. The number of hydrogen-bond acceptors (Lipinski definition) is 4. The van der Waals surface area contributed by atoms with Crippen molar-refractivity contribution in [3.05, 3.63) is 77.9 Å². The molecule has 0 radical (unpaired) electrons. The SMILES string of the molecule is Cc1ccc(S(=O)(=O)N2[C@H](COCc3ccccc3)C=C[C@H](C)S2=O)cc1. The van der Waals surface area contributed by atoms with Gasteiger partial charge in [-0.2, -0.15) is 0 Å². The van der Waals surface area contributed by atoms with E-state index in [4.69, 9.17) is 4.74 Å². The molecule has 1 aliphatic heterocycles. The Labute approximate surface area is 163 Å². The lowest BCUT2D eigenvalue weighted by Gasteiger charge is -2.32. The molecule has 2 aromatic rings. The van der Waals surface area contributed by atoms with Gasteiger partial charge in [0.15, 0.2) is 0 Å². The molecule has 0 saturated carbocycles. The van der Waals surface area contributed by atoms with Crippen molar-refractivity contribution in [2.75, 3.05) is 6.61 Å². The highest BCUT2D eigenvalue weighted by atomic mass is 32.3. The summed E-state index contributed by atoms with van der Waals surface area (Å²) in [6.45, 7) is 4.13. The maximum absolute atomic E-state index is 13.1. The molecule has 0 saturated heterocycles. The maximum Gasteiger partial charge on any atom is 0.254 e. The molecule has 3 atom stereocenters.